The molecule has 5 rings (SSSR count). The maximum Gasteiger partial charge on any atom is 0.306 e. The molecule has 4 aromatic rings. The van der Waals surface area contributed by atoms with Gasteiger partial charge in [-0.3, -0.25) is 4.79 Å². The molecule has 0 bridgehead atoms. The van der Waals surface area contributed by atoms with Crippen LogP contribution in [0.1, 0.15) is 34.8 Å². The fourth-order valence-electron chi connectivity index (χ4n) is 4.22. The lowest BCUT2D eigenvalue weighted by Gasteiger charge is -2.21. The molecule has 1 saturated carbocycles. The monoisotopic (exact) mass is 472 g/mol. The number of para-hydroxylation sites is 1. The van der Waals surface area contributed by atoms with Crippen LogP contribution in [0.4, 0.5) is 0 Å². The lowest BCUT2D eigenvalue weighted by atomic mass is 9.99. The number of nitrogens with zero attached hydrogens (tertiary/aromatic N) is 1. The highest BCUT2D eigenvalue weighted by atomic mass is 32.2. The van der Waals surface area contributed by atoms with E-state index >= 15 is 0 Å². The van der Waals surface area contributed by atoms with Crippen LogP contribution in [0.3, 0.4) is 0 Å². The average molecular weight is 473 g/mol. The summed E-state index contributed by atoms with van der Waals surface area (Å²) in [4.78, 5) is 18.5. The van der Waals surface area contributed by atoms with Gasteiger partial charge in [-0.05, 0) is 30.4 Å². The molecule has 1 aliphatic rings. The predicted molar refractivity (Wildman–Crippen MR) is 132 cm³/mol. The van der Waals surface area contributed by atoms with Crippen molar-refractivity contribution >= 4 is 26.9 Å². The third-order valence-electron chi connectivity index (χ3n) is 5.90. The second-order valence-electron chi connectivity index (χ2n) is 8.53. The van der Waals surface area contributed by atoms with Crippen molar-refractivity contribution in [2.24, 2.45) is 5.92 Å². The number of hydrogen-bond donors (Lipinski definition) is 1. The number of hydrogen-bond acceptors (Lipinski definition) is 5. The lowest BCUT2D eigenvalue weighted by molar-refractivity contribution is 0.0932. The molecule has 0 unspecified atom stereocenters. The molecule has 0 saturated heterocycles. The first kappa shape index (κ1) is 22.1. The molecule has 7 heteroatoms. The van der Waals surface area contributed by atoms with Crippen molar-refractivity contribution in [3.63, 3.8) is 0 Å². The Bertz CT molecular complexity index is 1450. The minimum atomic E-state index is -3.94. The van der Waals surface area contributed by atoms with Crippen LogP contribution in [0.2, 0.25) is 0 Å². The van der Waals surface area contributed by atoms with Gasteiger partial charge in [-0.2, -0.15) is 8.42 Å². The molecule has 0 radical (unpaired) electrons. The van der Waals surface area contributed by atoms with E-state index in [-0.39, 0.29) is 17.4 Å². The van der Waals surface area contributed by atoms with Crippen molar-refractivity contribution in [2.75, 3.05) is 6.26 Å². The maximum absolute atomic E-state index is 13.9. The van der Waals surface area contributed by atoms with Crippen molar-refractivity contribution < 1.29 is 17.4 Å². The first-order valence-corrected chi connectivity index (χ1v) is 13.0. The number of amides is 1. The van der Waals surface area contributed by atoms with Crippen LogP contribution in [-0.2, 0) is 10.1 Å². The smallest absolute Gasteiger partial charge is 0.306 e. The average Bonchev–Trinajstić information content (AvgIpc) is 3.67. The molecule has 1 aliphatic carbocycles. The Balaban J connectivity index is 1.70. The van der Waals surface area contributed by atoms with Crippen molar-refractivity contribution in [1.29, 1.82) is 0 Å². The second-order valence-corrected chi connectivity index (χ2v) is 10.1. The number of nitrogens with one attached hydrogen (secondary N) is 1. The zero-order valence-electron chi connectivity index (χ0n) is 18.6. The van der Waals surface area contributed by atoms with E-state index < -0.39 is 16.0 Å². The van der Waals surface area contributed by atoms with Crippen LogP contribution in [-0.4, -0.2) is 25.6 Å². The quantitative estimate of drug-likeness (QED) is 0.377. The van der Waals surface area contributed by atoms with Gasteiger partial charge >= 0.3 is 10.1 Å². The molecule has 0 aliphatic heterocycles. The lowest BCUT2D eigenvalue weighted by Crippen LogP contribution is -2.31. The predicted octanol–water partition coefficient (Wildman–Crippen LogP) is 5.12. The summed E-state index contributed by atoms with van der Waals surface area (Å²) in [5.74, 6) is -0.116. The number of carbonyl (C=O) groups excluding carboxylic acids is 1. The molecule has 0 spiro atoms. The molecule has 6 nitrogen and oxygen atoms in total. The largest absolute Gasteiger partial charge is 0.379 e. The fraction of sp³-hybridized carbons (Fsp3) is 0.185. The molecule has 172 valence electrons. The third-order valence-corrected chi connectivity index (χ3v) is 6.36. The van der Waals surface area contributed by atoms with E-state index in [0.717, 1.165) is 24.7 Å². The summed E-state index contributed by atoms with van der Waals surface area (Å²) in [5.41, 5.74) is 2.72. The van der Waals surface area contributed by atoms with Crippen molar-refractivity contribution in [2.45, 2.75) is 18.9 Å². The second kappa shape index (κ2) is 8.91. The first-order valence-electron chi connectivity index (χ1n) is 11.1. The summed E-state index contributed by atoms with van der Waals surface area (Å²) in [5, 5.41) is 3.70. The van der Waals surface area contributed by atoms with E-state index in [4.69, 9.17) is 4.18 Å². The Morgan fingerprint density at radius 2 is 1.56 bits per heavy atom. The molecule has 1 heterocycles. The molecule has 1 N–H and O–H groups in total. The van der Waals surface area contributed by atoms with Gasteiger partial charge in [0.2, 0.25) is 0 Å². The van der Waals surface area contributed by atoms with Gasteiger partial charge in [-0.1, -0.05) is 78.9 Å². The number of carbonyl (C=O) groups is 1. The van der Waals surface area contributed by atoms with E-state index in [1.54, 1.807) is 18.2 Å². The molecule has 1 amide bonds. The standard InChI is InChI=1S/C27H24N2O4S/c1-34(31,32)33-26-23(27(30)29-24(20-16-17-20)18-10-4-2-5-11-18)21-14-8-9-15-22(21)28-25(26)19-12-6-3-7-13-19/h2-15,20,24H,16-17H2,1H3,(H,29,30)/t24-/m1/s1. The first-order chi connectivity index (χ1) is 16.4. The van der Waals surface area contributed by atoms with Gasteiger partial charge in [-0.25, -0.2) is 4.98 Å². The van der Waals surface area contributed by atoms with Gasteiger partial charge in [0.1, 0.15) is 5.69 Å². The summed E-state index contributed by atoms with van der Waals surface area (Å²) < 4.78 is 30.0. The minimum Gasteiger partial charge on any atom is -0.379 e. The van der Waals surface area contributed by atoms with Gasteiger partial charge in [0.15, 0.2) is 5.75 Å². The molecular weight excluding hydrogens is 448 g/mol. The van der Waals surface area contributed by atoms with Crippen LogP contribution in [0.5, 0.6) is 5.75 Å². The number of benzene rings is 3. The number of pyridine rings is 1. The van der Waals surface area contributed by atoms with E-state index in [1.165, 1.54) is 0 Å². The Hall–Kier alpha value is -3.71. The van der Waals surface area contributed by atoms with E-state index in [1.807, 2.05) is 66.7 Å². The van der Waals surface area contributed by atoms with Gasteiger partial charge in [0.05, 0.1) is 23.4 Å². The van der Waals surface area contributed by atoms with Crippen LogP contribution < -0.4 is 9.50 Å². The Labute approximate surface area is 198 Å². The summed E-state index contributed by atoms with van der Waals surface area (Å²) in [6, 6.07) is 26.0. The molecule has 34 heavy (non-hydrogen) atoms. The third kappa shape index (κ3) is 4.65. The highest BCUT2D eigenvalue weighted by Crippen LogP contribution is 2.42. The molecule has 1 atom stereocenters. The van der Waals surface area contributed by atoms with E-state index in [9.17, 15) is 13.2 Å². The zero-order chi connectivity index (χ0) is 23.7. The Kier molecular flexibility index (Phi) is 5.79. The van der Waals surface area contributed by atoms with Crippen molar-refractivity contribution in [3.05, 3.63) is 96.1 Å². The Morgan fingerprint density at radius 3 is 2.21 bits per heavy atom. The summed E-state index contributed by atoms with van der Waals surface area (Å²) in [6.45, 7) is 0. The topological polar surface area (TPSA) is 85.4 Å². The van der Waals surface area contributed by atoms with Crippen LogP contribution in [0, 0.1) is 5.92 Å². The summed E-state index contributed by atoms with van der Waals surface area (Å²) in [7, 11) is -3.94. The van der Waals surface area contributed by atoms with Crippen LogP contribution in [0.15, 0.2) is 84.9 Å². The molecular formula is C27H24N2O4S. The van der Waals surface area contributed by atoms with E-state index in [2.05, 4.69) is 10.3 Å². The number of fused-ring (bicyclic) bond motifs is 1. The zero-order valence-corrected chi connectivity index (χ0v) is 19.5. The van der Waals surface area contributed by atoms with Gasteiger partial charge in [0, 0.05) is 10.9 Å². The highest BCUT2D eigenvalue weighted by Gasteiger charge is 2.35. The molecule has 3 aromatic carbocycles. The molecule has 1 aromatic heterocycles. The van der Waals surface area contributed by atoms with Crippen LogP contribution >= 0.6 is 0 Å². The summed E-state index contributed by atoms with van der Waals surface area (Å²) in [6.07, 6.45) is 3.02. The van der Waals surface area contributed by atoms with Crippen molar-refractivity contribution in [3.8, 4) is 17.0 Å². The number of aromatic nitrogens is 1. The summed E-state index contributed by atoms with van der Waals surface area (Å²) >= 11 is 0. The van der Waals surface area contributed by atoms with Gasteiger partial charge in [-0.15, -0.1) is 0 Å². The minimum absolute atomic E-state index is 0.0625. The SMILES string of the molecule is CS(=O)(=O)Oc1c(-c2ccccc2)nc2ccccc2c1C(=O)N[C@H](c1ccccc1)C1CC1. The fourth-order valence-corrected chi connectivity index (χ4v) is 4.69. The van der Waals surface area contributed by atoms with Crippen LogP contribution in [0.25, 0.3) is 22.2 Å². The normalized spacial score (nSPS) is 14.5. The maximum atomic E-state index is 13.9. The van der Waals surface area contributed by atoms with Gasteiger partial charge in [0.25, 0.3) is 5.91 Å². The van der Waals surface area contributed by atoms with Gasteiger partial charge < -0.3 is 9.50 Å². The van der Waals surface area contributed by atoms with E-state index in [0.29, 0.717) is 28.1 Å². The Morgan fingerprint density at radius 1 is 0.941 bits per heavy atom. The molecule has 1 fully saturated rings. The number of rotatable bonds is 7. The van der Waals surface area contributed by atoms with Crippen molar-refractivity contribution in [1.82, 2.24) is 10.3 Å². The highest BCUT2D eigenvalue weighted by molar-refractivity contribution is 7.86.